The van der Waals surface area contributed by atoms with Crippen LogP contribution in [0.5, 0.6) is 0 Å². The van der Waals surface area contributed by atoms with Crippen molar-refractivity contribution in [3.05, 3.63) is 144 Å². The van der Waals surface area contributed by atoms with E-state index in [0.29, 0.717) is 12.4 Å². The number of ether oxygens (including phenoxy) is 3. The largest absolute Gasteiger partial charge is 0.381 e. The van der Waals surface area contributed by atoms with Gasteiger partial charge in [-0.15, -0.1) is 0 Å². The molecule has 0 N–H and O–H groups in total. The first-order valence-electron chi connectivity index (χ1n) is 16.9. The van der Waals surface area contributed by atoms with Gasteiger partial charge in [-0.25, -0.2) is 13.2 Å². The third-order valence-corrected chi connectivity index (χ3v) is 6.79. The molecule has 2 heterocycles. The minimum Gasteiger partial charge on any atom is -0.381 e. The van der Waals surface area contributed by atoms with Crippen LogP contribution < -0.4 is 0 Å². The van der Waals surface area contributed by atoms with E-state index in [4.69, 9.17) is 14.2 Å². The van der Waals surface area contributed by atoms with E-state index in [9.17, 15) is 13.2 Å². The molecule has 2 saturated heterocycles. The average Bonchev–Trinajstić information content (AvgIpc) is 3.14. The van der Waals surface area contributed by atoms with E-state index >= 15 is 0 Å². The highest BCUT2D eigenvalue weighted by Crippen LogP contribution is 2.15. The van der Waals surface area contributed by atoms with Gasteiger partial charge in [-0.2, -0.15) is 0 Å². The summed E-state index contributed by atoms with van der Waals surface area (Å²) in [5.41, 5.74) is 2.02. The van der Waals surface area contributed by atoms with Crippen LogP contribution in [0.25, 0.3) is 0 Å². The van der Waals surface area contributed by atoms with E-state index in [2.05, 4.69) is 19.1 Å². The fourth-order valence-corrected chi connectivity index (χ4v) is 4.12. The van der Waals surface area contributed by atoms with E-state index in [-0.39, 0.29) is 5.82 Å². The second-order valence-electron chi connectivity index (χ2n) is 11.1. The lowest BCUT2D eigenvalue weighted by Crippen LogP contribution is -2.11. The molecule has 0 aromatic heterocycles. The zero-order valence-electron chi connectivity index (χ0n) is 28.4. The van der Waals surface area contributed by atoms with Crippen molar-refractivity contribution in [3.63, 3.8) is 0 Å². The van der Waals surface area contributed by atoms with Gasteiger partial charge in [-0.3, -0.25) is 0 Å². The van der Waals surface area contributed by atoms with Crippen LogP contribution in [0.3, 0.4) is 0 Å². The summed E-state index contributed by atoms with van der Waals surface area (Å²) in [4.78, 5) is 0. The zero-order valence-corrected chi connectivity index (χ0v) is 28.4. The van der Waals surface area contributed by atoms with E-state index in [1.807, 2.05) is 60.7 Å². The van der Waals surface area contributed by atoms with Gasteiger partial charge < -0.3 is 14.2 Å². The molecule has 1 aliphatic carbocycles. The topological polar surface area (TPSA) is 27.7 Å². The average molecular weight is 653 g/mol. The molecule has 6 heteroatoms. The van der Waals surface area contributed by atoms with Gasteiger partial charge >= 0.3 is 0 Å². The summed E-state index contributed by atoms with van der Waals surface area (Å²) in [7, 11) is 0. The van der Waals surface area contributed by atoms with Crippen LogP contribution in [-0.4, -0.2) is 33.2 Å². The molecule has 47 heavy (non-hydrogen) atoms. The standard InChI is InChI=1S/C7H7F.C7H8.C6H4F2.C6H12.C6H6.C5H10O.C4H8O2/c1-6-4-2-3-5-7(6)8;1-7-5-3-2-4-6-7;7-5-2-1-3-6(8)4-5;3*1-2-4-6-5-3-1;1-2-5-4-6-3-1/h2-5H,1H3;2-6H,1H3;1-4H;1-6H2;1-6H;1-5H2;1-4H2. The molecule has 3 nitrogen and oxygen atoms in total. The van der Waals surface area contributed by atoms with Crippen molar-refractivity contribution in [2.24, 2.45) is 0 Å². The van der Waals surface area contributed by atoms with Gasteiger partial charge in [-0.05, 0) is 63.3 Å². The van der Waals surface area contributed by atoms with Crippen molar-refractivity contribution in [1.82, 2.24) is 0 Å². The molecule has 3 fully saturated rings. The van der Waals surface area contributed by atoms with Crippen LogP contribution in [0.4, 0.5) is 13.2 Å². The predicted molar refractivity (Wildman–Crippen MR) is 189 cm³/mol. The van der Waals surface area contributed by atoms with Crippen LogP contribution >= 0.6 is 0 Å². The number of rotatable bonds is 0. The highest BCUT2D eigenvalue weighted by atomic mass is 19.1. The molecular weight excluding hydrogens is 597 g/mol. The Bertz CT molecular complexity index is 1070. The normalized spacial score (nSPS) is 14.7. The smallest absolute Gasteiger partial charge is 0.146 e. The number of hydrogen-bond acceptors (Lipinski definition) is 3. The molecule has 0 atom stereocenters. The number of benzene rings is 4. The Labute approximate surface area is 282 Å². The summed E-state index contributed by atoms with van der Waals surface area (Å²) in [6, 6.07) is 33.5. The Hall–Kier alpha value is -3.45. The van der Waals surface area contributed by atoms with Gasteiger partial charge in [0.15, 0.2) is 0 Å². The molecule has 0 unspecified atom stereocenters. The molecule has 1 saturated carbocycles. The van der Waals surface area contributed by atoms with Crippen LogP contribution in [0.1, 0.15) is 75.3 Å². The summed E-state index contributed by atoms with van der Waals surface area (Å²) < 4.78 is 50.9. The highest BCUT2D eigenvalue weighted by Gasteiger charge is 1.96. The number of aryl methyl sites for hydroxylation is 2. The first-order valence-corrected chi connectivity index (χ1v) is 16.9. The predicted octanol–water partition coefficient (Wildman–Crippen LogP) is 11.7. The molecule has 7 rings (SSSR count). The van der Waals surface area contributed by atoms with Gasteiger partial charge in [0, 0.05) is 19.3 Å². The molecule has 0 amide bonds. The molecule has 3 aliphatic rings. The van der Waals surface area contributed by atoms with Crippen LogP contribution in [0, 0.1) is 31.3 Å². The van der Waals surface area contributed by atoms with E-state index < -0.39 is 11.6 Å². The molecule has 4 aromatic carbocycles. The summed E-state index contributed by atoms with van der Waals surface area (Å²) in [5.74, 6) is -1.21. The molecule has 4 aromatic rings. The Morgan fingerprint density at radius 2 is 0.809 bits per heavy atom. The summed E-state index contributed by atoms with van der Waals surface area (Å²) in [6.07, 6.45) is 14.0. The molecule has 0 spiro atoms. The van der Waals surface area contributed by atoms with Gasteiger partial charge in [0.05, 0.1) is 13.2 Å². The zero-order chi connectivity index (χ0) is 34.0. The Morgan fingerprint density at radius 3 is 1.04 bits per heavy atom. The fraction of sp³-hybridized carbons (Fsp3) is 0.415. The first-order chi connectivity index (χ1) is 23.0. The van der Waals surface area contributed by atoms with E-state index in [0.717, 1.165) is 38.9 Å². The second kappa shape index (κ2) is 31.2. The molecule has 2 aliphatic heterocycles. The van der Waals surface area contributed by atoms with Crippen molar-refractivity contribution in [3.8, 4) is 0 Å². The maximum atomic E-state index is 12.3. The SMILES string of the molecule is C1CCCCC1.C1CCOCC1.C1COCOC1.Cc1ccccc1.Cc1ccccc1F.Fc1cccc(F)c1.c1ccccc1. The highest BCUT2D eigenvalue weighted by molar-refractivity contribution is 5.14. The van der Waals surface area contributed by atoms with Crippen molar-refractivity contribution in [1.29, 1.82) is 0 Å². The maximum Gasteiger partial charge on any atom is 0.146 e. The molecule has 0 radical (unpaired) electrons. The lowest BCUT2D eigenvalue weighted by atomic mass is 10.0. The number of halogens is 3. The van der Waals surface area contributed by atoms with Gasteiger partial charge in [-0.1, -0.05) is 135 Å². The van der Waals surface area contributed by atoms with Crippen molar-refractivity contribution in [2.45, 2.75) is 78.1 Å². The van der Waals surface area contributed by atoms with E-state index in [1.165, 1.54) is 87.6 Å². The van der Waals surface area contributed by atoms with Crippen LogP contribution in [-0.2, 0) is 14.2 Å². The minimum atomic E-state index is -0.537. The lowest BCUT2D eigenvalue weighted by Gasteiger charge is -2.09. The lowest BCUT2D eigenvalue weighted by molar-refractivity contribution is -0.0963. The van der Waals surface area contributed by atoms with Crippen LogP contribution in [0.2, 0.25) is 0 Å². The fourth-order valence-electron chi connectivity index (χ4n) is 4.12. The monoisotopic (exact) mass is 652 g/mol. The quantitative estimate of drug-likeness (QED) is 0.189. The third-order valence-electron chi connectivity index (χ3n) is 6.79. The Morgan fingerprint density at radius 1 is 0.404 bits per heavy atom. The minimum absolute atomic E-state index is 0.132. The summed E-state index contributed by atoms with van der Waals surface area (Å²) in [5, 5.41) is 0. The van der Waals surface area contributed by atoms with Gasteiger partial charge in [0.2, 0.25) is 0 Å². The first kappa shape index (κ1) is 41.6. The summed E-state index contributed by atoms with van der Waals surface area (Å²) in [6.45, 7) is 8.08. The molecule has 0 bridgehead atoms. The molecular formula is C41H55F3O3. The maximum absolute atomic E-state index is 12.3. The number of hydrogen-bond donors (Lipinski definition) is 0. The van der Waals surface area contributed by atoms with Crippen LogP contribution in [0.15, 0.2) is 115 Å². The Balaban J connectivity index is 0.000000275. The Kier molecular flexibility index (Phi) is 27.6. The third kappa shape index (κ3) is 28.5. The molecule has 258 valence electrons. The van der Waals surface area contributed by atoms with Gasteiger partial charge in [0.1, 0.15) is 24.2 Å². The van der Waals surface area contributed by atoms with Crippen molar-refractivity contribution >= 4 is 0 Å². The van der Waals surface area contributed by atoms with Crippen molar-refractivity contribution in [2.75, 3.05) is 33.2 Å². The summed E-state index contributed by atoms with van der Waals surface area (Å²) >= 11 is 0. The van der Waals surface area contributed by atoms with Gasteiger partial charge in [0.25, 0.3) is 0 Å². The second-order valence-corrected chi connectivity index (χ2v) is 11.1. The van der Waals surface area contributed by atoms with Crippen molar-refractivity contribution < 1.29 is 27.4 Å². The van der Waals surface area contributed by atoms with E-state index in [1.54, 1.807) is 19.1 Å².